The molecule has 4 unspecified atom stereocenters. The topological polar surface area (TPSA) is 105 Å². The second-order valence-corrected chi connectivity index (χ2v) is 15.1. The van der Waals surface area contributed by atoms with Crippen molar-refractivity contribution in [2.45, 2.75) is 135 Å². The molecule has 6 fully saturated rings. The van der Waals surface area contributed by atoms with E-state index in [0.717, 1.165) is 19.3 Å². The molecular formula is C30H48O7. The number of carbonyl (C=O) groups is 1. The third-order valence-electron chi connectivity index (χ3n) is 12.8. The fourth-order valence-electron chi connectivity index (χ4n) is 11.0. The van der Waals surface area contributed by atoms with Gasteiger partial charge in [-0.1, -0.05) is 20.8 Å². The molecular weight excluding hydrogens is 472 g/mol. The van der Waals surface area contributed by atoms with Crippen molar-refractivity contribution in [2.75, 3.05) is 0 Å². The summed E-state index contributed by atoms with van der Waals surface area (Å²) in [6, 6.07) is 0. The van der Waals surface area contributed by atoms with Crippen molar-refractivity contribution in [3.8, 4) is 0 Å². The molecule has 1 spiro atoms. The Morgan fingerprint density at radius 3 is 2.24 bits per heavy atom. The molecule has 7 nitrogen and oxygen atoms in total. The molecule has 4 saturated carbocycles. The number of fused-ring (bicyclic) bond motifs is 7. The van der Waals surface area contributed by atoms with E-state index in [4.69, 9.17) is 14.2 Å². The number of esters is 1. The predicted molar refractivity (Wildman–Crippen MR) is 136 cm³/mol. The summed E-state index contributed by atoms with van der Waals surface area (Å²) in [4.78, 5) is 11.6. The Morgan fingerprint density at radius 1 is 0.946 bits per heavy atom. The molecule has 210 valence electrons. The number of rotatable bonds is 1. The Morgan fingerprint density at radius 2 is 1.62 bits per heavy atom. The van der Waals surface area contributed by atoms with Crippen molar-refractivity contribution in [3.63, 3.8) is 0 Å². The third-order valence-corrected chi connectivity index (χ3v) is 12.8. The van der Waals surface area contributed by atoms with Gasteiger partial charge in [-0.2, -0.15) is 0 Å². The zero-order valence-electron chi connectivity index (χ0n) is 23.7. The van der Waals surface area contributed by atoms with Gasteiger partial charge in [-0.15, -0.1) is 0 Å². The number of ether oxygens (including phenoxy) is 3. The van der Waals surface area contributed by atoms with Crippen LogP contribution in [0, 0.1) is 46.3 Å². The van der Waals surface area contributed by atoms with E-state index >= 15 is 0 Å². The number of hydrogen-bond acceptors (Lipinski definition) is 7. The maximum Gasteiger partial charge on any atom is 0.302 e. The normalized spacial score (nSPS) is 59.9. The van der Waals surface area contributed by atoms with Crippen LogP contribution < -0.4 is 0 Å². The molecule has 6 rings (SSSR count). The fourth-order valence-corrected chi connectivity index (χ4v) is 11.0. The standard InChI is InChI=1S/C30H48O7/c1-15-12-30(37-26(15,3)4)29(7,34)25-23(36-30)11-19-18-9-8-17-10-22(35-16(2)31)20(32)13-27(17,5)24(18)21(33)14-28(19,25)6/h15,17-25,32-34H,8-14H2,1-7H3/t15-,17?,18?,19?,20+,21-,22-,23-,24?,25-,27-,28-,29+,30-/m0/s1. The lowest BCUT2D eigenvalue weighted by atomic mass is 9.43. The number of aliphatic hydroxyl groups excluding tert-OH is 2. The molecule has 4 aliphatic carbocycles. The van der Waals surface area contributed by atoms with Gasteiger partial charge in [0.15, 0.2) is 5.79 Å². The van der Waals surface area contributed by atoms with Crippen LogP contribution in [0.2, 0.25) is 0 Å². The summed E-state index contributed by atoms with van der Waals surface area (Å²) in [7, 11) is 0. The Hall–Kier alpha value is -0.730. The predicted octanol–water partition coefficient (Wildman–Crippen LogP) is 3.81. The largest absolute Gasteiger partial charge is 0.460 e. The summed E-state index contributed by atoms with van der Waals surface area (Å²) in [5.74, 6) is -0.133. The lowest BCUT2D eigenvalue weighted by Gasteiger charge is -2.63. The van der Waals surface area contributed by atoms with E-state index in [9.17, 15) is 20.1 Å². The summed E-state index contributed by atoms with van der Waals surface area (Å²) >= 11 is 0. The first kappa shape index (κ1) is 26.5. The Balaban J connectivity index is 1.29. The third kappa shape index (κ3) is 3.39. The van der Waals surface area contributed by atoms with Crippen LogP contribution in [0.1, 0.15) is 93.4 Å². The van der Waals surface area contributed by atoms with Crippen molar-refractivity contribution in [1.82, 2.24) is 0 Å². The molecule has 0 aromatic rings. The van der Waals surface area contributed by atoms with Crippen LogP contribution in [-0.2, 0) is 19.0 Å². The summed E-state index contributed by atoms with van der Waals surface area (Å²) < 4.78 is 18.8. The van der Waals surface area contributed by atoms with Gasteiger partial charge in [0, 0.05) is 19.3 Å². The molecule has 0 aromatic heterocycles. The molecule has 14 atom stereocenters. The first-order chi connectivity index (χ1) is 17.1. The monoisotopic (exact) mass is 520 g/mol. The van der Waals surface area contributed by atoms with E-state index in [1.165, 1.54) is 6.92 Å². The van der Waals surface area contributed by atoms with Gasteiger partial charge in [-0.05, 0) is 99.7 Å². The van der Waals surface area contributed by atoms with Crippen molar-refractivity contribution in [2.24, 2.45) is 46.3 Å². The summed E-state index contributed by atoms with van der Waals surface area (Å²) in [5.41, 5.74) is -1.97. The average Bonchev–Trinajstić information content (AvgIpc) is 3.25. The van der Waals surface area contributed by atoms with Crippen molar-refractivity contribution in [1.29, 1.82) is 0 Å². The van der Waals surface area contributed by atoms with E-state index in [1.807, 2.05) is 6.92 Å². The van der Waals surface area contributed by atoms with Crippen molar-refractivity contribution >= 4 is 5.97 Å². The van der Waals surface area contributed by atoms with Gasteiger partial charge in [-0.25, -0.2) is 0 Å². The quantitative estimate of drug-likeness (QED) is 0.452. The highest BCUT2D eigenvalue weighted by Gasteiger charge is 2.77. The molecule has 0 amide bonds. The second-order valence-electron chi connectivity index (χ2n) is 15.1. The second kappa shape index (κ2) is 7.93. The van der Waals surface area contributed by atoms with Gasteiger partial charge >= 0.3 is 5.97 Å². The number of aliphatic hydroxyl groups is 3. The molecule has 2 heterocycles. The summed E-state index contributed by atoms with van der Waals surface area (Å²) in [6.45, 7) is 14.2. The molecule has 0 aromatic carbocycles. The van der Waals surface area contributed by atoms with Crippen molar-refractivity contribution < 1.29 is 34.3 Å². The summed E-state index contributed by atoms with van der Waals surface area (Å²) in [6.07, 6.45) is 3.64. The Kier molecular flexibility index (Phi) is 5.68. The van der Waals surface area contributed by atoms with Gasteiger partial charge < -0.3 is 29.5 Å². The maximum atomic E-state index is 12.2. The molecule has 37 heavy (non-hydrogen) atoms. The van der Waals surface area contributed by atoms with Crippen LogP contribution in [0.3, 0.4) is 0 Å². The van der Waals surface area contributed by atoms with Crippen LogP contribution in [0.5, 0.6) is 0 Å². The van der Waals surface area contributed by atoms with Crippen LogP contribution in [0.4, 0.5) is 0 Å². The van der Waals surface area contributed by atoms with Gasteiger partial charge in [0.2, 0.25) is 0 Å². The minimum Gasteiger partial charge on any atom is -0.460 e. The van der Waals surface area contributed by atoms with Crippen LogP contribution in [0.15, 0.2) is 0 Å². The SMILES string of the molecule is CC(=O)O[C@H]1CC2CCC3C([C@@H](O)C[C@@]4(C)C3C[C@@H]3O[C@]5(C[C@H](C)C(C)(C)O5)[C@](C)(O)[C@@H]34)[C@@]2(C)C[C@H]1O. The fraction of sp³-hybridized carbons (Fsp3) is 0.967. The van der Waals surface area contributed by atoms with Crippen LogP contribution in [-0.4, -0.2) is 62.7 Å². The zero-order valence-corrected chi connectivity index (χ0v) is 23.7. The van der Waals surface area contributed by atoms with E-state index in [1.54, 1.807) is 0 Å². The number of hydrogen-bond donors (Lipinski definition) is 3. The molecule has 6 aliphatic rings. The lowest BCUT2D eigenvalue weighted by molar-refractivity contribution is -0.300. The van der Waals surface area contributed by atoms with Gasteiger partial charge in [0.25, 0.3) is 0 Å². The Bertz CT molecular complexity index is 964. The Labute approximate surface area is 221 Å². The highest BCUT2D eigenvalue weighted by Crippen LogP contribution is 2.72. The molecule has 3 N–H and O–H groups in total. The molecule has 0 bridgehead atoms. The molecule has 0 radical (unpaired) electrons. The maximum absolute atomic E-state index is 12.2. The molecule has 7 heteroatoms. The minimum absolute atomic E-state index is 0.0803. The first-order valence-corrected chi connectivity index (χ1v) is 14.7. The van der Waals surface area contributed by atoms with E-state index in [-0.39, 0.29) is 46.3 Å². The van der Waals surface area contributed by atoms with E-state index in [2.05, 4.69) is 34.6 Å². The van der Waals surface area contributed by atoms with Gasteiger partial charge in [-0.3, -0.25) is 4.79 Å². The smallest absolute Gasteiger partial charge is 0.302 e. The average molecular weight is 521 g/mol. The highest BCUT2D eigenvalue weighted by molar-refractivity contribution is 5.66. The van der Waals surface area contributed by atoms with Crippen LogP contribution in [0.25, 0.3) is 0 Å². The minimum atomic E-state index is -1.14. The van der Waals surface area contributed by atoms with E-state index in [0.29, 0.717) is 43.4 Å². The summed E-state index contributed by atoms with van der Waals surface area (Å²) in [5, 5.41) is 35.1. The van der Waals surface area contributed by atoms with Crippen LogP contribution >= 0.6 is 0 Å². The van der Waals surface area contributed by atoms with E-state index < -0.39 is 29.7 Å². The van der Waals surface area contributed by atoms with Gasteiger partial charge in [0.1, 0.15) is 11.7 Å². The van der Waals surface area contributed by atoms with Gasteiger partial charge in [0.05, 0.1) is 23.9 Å². The first-order valence-electron chi connectivity index (χ1n) is 14.7. The zero-order chi connectivity index (χ0) is 26.9. The molecule has 2 aliphatic heterocycles. The highest BCUT2D eigenvalue weighted by atomic mass is 16.7. The lowest BCUT2D eigenvalue weighted by Crippen LogP contribution is -2.63. The number of carbonyl (C=O) groups excluding carboxylic acids is 1. The van der Waals surface area contributed by atoms with Crippen molar-refractivity contribution in [3.05, 3.63) is 0 Å². The molecule has 2 saturated heterocycles.